The number of nitrogens with zero attached hydrogens (tertiary/aromatic N) is 3. The van der Waals surface area contributed by atoms with Crippen LogP contribution < -0.4 is 10.1 Å². The van der Waals surface area contributed by atoms with Gasteiger partial charge >= 0.3 is 0 Å². The molecule has 2 fully saturated rings. The summed E-state index contributed by atoms with van der Waals surface area (Å²) in [5.74, 6) is 0.877. The first-order valence-corrected chi connectivity index (χ1v) is 12.1. The second-order valence-electron chi connectivity index (χ2n) is 7.99. The third kappa shape index (κ3) is 5.17. The van der Waals surface area contributed by atoms with Gasteiger partial charge in [-0.3, -0.25) is 4.98 Å². The molecule has 9 heteroatoms. The molecule has 0 saturated carbocycles. The molecule has 168 valence electrons. The monoisotopic (exact) mass is 446 g/mol. The first-order valence-electron chi connectivity index (χ1n) is 10.7. The Kier molecular flexibility index (Phi) is 6.76. The van der Waals surface area contributed by atoms with Crippen LogP contribution in [0.3, 0.4) is 0 Å². The zero-order valence-electron chi connectivity index (χ0n) is 18.1. The molecule has 2 aromatic rings. The number of hydrogen-bond acceptors (Lipinski definition) is 6. The van der Waals surface area contributed by atoms with E-state index in [1.807, 2.05) is 43.3 Å². The average molecular weight is 447 g/mol. The van der Waals surface area contributed by atoms with Gasteiger partial charge in [0.2, 0.25) is 0 Å². The first kappa shape index (κ1) is 22.0. The Balaban J connectivity index is 1.50. The quantitative estimate of drug-likeness (QED) is 0.735. The highest BCUT2D eigenvalue weighted by Gasteiger charge is 2.35. The molecule has 8 nitrogen and oxygen atoms in total. The lowest BCUT2D eigenvalue weighted by atomic mass is 9.95. The van der Waals surface area contributed by atoms with Crippen LogP contribution in [0, 0.1) is 6.92 Å². The third-order valence-corrected chi connectivity index (χ3v) is 7.78. The molecule has 1 aromatic carbocycles. The number of nitrogens with one attached hydrogen (secondary N) is 1. The summed E-state index contributed by atoms with van der Waals surface area (Å²) >= 11 is 0. The van der Waals surface area contributed by atoms with Crippen molar-refractivity contribution >= 4 is 21.6 Å². The Labute approximate surface area is 184 Å². The molecule has 2 aliphatic heterocycles. The van der Waals surface area contributed by atoms with E-state index in [9.17, 15) is 8.42 Å². The summed E-state index contributed by atoms with van der Waals surface area (Å²) in [6.07, 6.45) is 1.75. The highest BCUT2D eigenvalue weighted by atomic mass is 32.2. The van der Waals surface area contributed by atoms with E-state index in [0.29, 0.717) is 39.4 Å². The number of anilines is 2. The van der Waals surface area contributed by atoms with Crippen LogP contribution in [0.4, 0.5) is 11.4 Å². The van der Waals surface area contributed by atoms with E-state index in [1.165, 1.54) is 0 Å². The summed E-state index contributed by atoms with van der Waals surface area (Å²) in [7, 11) is -1.82. The van der Waals surface area contributed by atoms with Gasteiger partial charge < -0.3 is 14.8 Å². The Morgan fingerprint density at radius 2 is 1.81 bits per heavy atom. The zero-order chi connectivity index (χ0) is 21.8. The van der Waals surface area contributed by atoms with Crippen molar-refractivity contribution in [2.75, 3.05) is 51.8 Å². The minimum absolute atomic E-state index is 0.0703. The number of morpholine rings is 1. The molecule has 2 aliphatic rings. The predicted octanol–water partition coefficient (Wildman–Crippen LogP) is 2.90. The maximum Gasteiger partial charge on any atom is 0.282 e. The van der Waals surface area contributed by atoms with Gasteiger partial charge in [0.05, 0.1) is 20.3 Å². The summed E-state index contributed by atoms with van der Waals surface area (Å²) in [5, 5.41) is 3.42. The highest BCUT2D eigenvalue weighted by molar-refractivity contribution is 7.86. The minimum atomic E-state index is -3.47. The smallest absolute Gasteiger partial charge is 0.282 e. The number of aromatic nitrogens is 1. The van der Waals surface area contributed by atoms with Crippen molar-refractivity contribution in [2.45, 2.75) is 25.7 Å². The van der Waals surface area contributed by atoms with Crippen LogP contribution in [0.2, 0.25) is 0 Å². The second-order valence-corrected chi connectivity index (χ2v) is 9.92. The van der Waals surface area contributed by atoms with Gasteiger partial charge in [0, 0.05) is 54.9 Å². The maximum absolute atomic E-state index is 13.1. The number of hydrogen-bond donors (Lipinski definition) is 1. The van der Waals surface area contributed by atoms with E-state index in [0.717, 1.165) is 41.4 Å². The van der Waals surface area contributed by atoms with Crippen molar-refractivity contribution in [1.29, 1.82) is 0 Å². The maximum atomic E-state index is 13.1. The molecular weight excluding hydrogens is 416 g/mol. The van der Waals surface area contributed by atoms with E-state index < -0.39 is 10.2 Å². The molecule has 0 unspecified atom stereocenters. The van der Waals surface area contributed by atoms with Gasteiger partial charge in [-0.1, -0.05) is 0 Å². The van der Waals surface area contributed by atoms with Gasteiger partial charge in [-0.2, -0.15) is 17.0 Å². The van der Waals surface area contributed by atoms with Crippen molar-refractivity contribution in [3.8, 4) is 5.75 Å². The normalized spacial score (nSPS) is 21.0. The molecule has 0 aliphatic carbocycles. The number of pyridine rings is 1. The van der Waals surface area contributed by atoms with Crippen molar-refractivity contribution < 1.29 is 17.9 Å². The van der Waals surface area contributed by atoms with Gasteiger partial charge in [-0.25, -0.2) is 0 Å². The van der Waals surface area contributed by atoms with E-state index in [-0.39, 0.29) is 5.92 Å². The number of rotatable bonds is 6. The lowest BCUT2D eigenvalue weighted by Gasteiger charge is -2.36. The van der Waals surface area contributed by atoms with Gasteiger partial charge in [0.25, 0.3) is 10.2 Å². The molecule has 2 saturated heterocycles. The summed E-state index contributed by atoms with van der Waals surface area (Å²) in [6, 6.07) is 11.8. The van der Waals surface area contributed by atoms with Crippen LogP contribution in [0.1, 0.15) is 30.1 Å². The second kappa shape index (κ2) is 9.52. The molecule has 0 bridgehead atoms. The van der Waals surface area contributed by atoms with E-state index in [1.54, 1.807) is 15.7 Å². The Morgan fingerprint density at radius 1 is 1.06 bits per heavy atom. The van der Waals surface area contributed by atoms with Crippen molar-refractivity contribution in [3.05, 3.63) is 47.8 Å². The van der Waals surface area contributed by atoms with Gasteiger partial charge in [-0.15, -0.1) is 0 Å². The van der Waals surface area contributed by atoms with E-state index in [2.05, 4.69) is 5.32 Å². The first-order chi connectivity index (χ1) is 15.0. The molecule has 0 spiro atoms. The van der Waals surface area contributed by atoms with Crippen molar-refractivity contribution in [3.63, 3.8) is 0 Å². The van der Waals surface area contributed by atoms with E-state index in [4.69, 9.17) is 14.5 Å². The lowest BCUT2D eigenvalue weighted by molar-refractivity contribution is 0.0695. The van der Waals surface area contributed by atoms with Crippen LogP contribution >= 0.6 is 0 Å². The number of ether oxygens (including phenoxy) is 2. The Morgan fingerprint density at radius 3 is 2.52 bits per heavy atom. The Hall–Kier alpha value is -2.20. The molecule has 0 amide bonds. The van der Waals surface area contributed by atoms with Crippen LogP contribution in [0.5, 0.6) is 5.75 Å². The lowest BCUT2D eigenvalue weighted by Crippen LogP contribution is -2.51. The SMILES string of the molecule is COc1ccc(Nc2cc(C)nc([C@H]3CCCN(S(=O)(=O)N4CCOCC4)C3)c2)cc1. The summed E-state index contributed by atoms with van der Waals surface area (Å²) in [6.45, 7) is 4.72. The third-order valence-electron chi connectivity index (χ3n) is 5.78. The zero-order valence-corrected chi connectivity index (χ0v) is 18.9. The number of aryl methyl sites for hydroxylation is 1. The Bertz CT molecular complexity index is 991. The van der Waals surface area contributed by atoms with E-state index >= 15 is 0 Å². The predicted molar refractivity (Wildman–Crippen MR) is 120 cm³/mol. The minimum Gasteiger partial charge on any atom is -0.497 e. The van der Waals surface area contributed by atoms with Crippen LogP contribution in [0.25, 0.3) is 0 Å². The molecule has 31 heavy (non-hydrogen) atoms. The average Bonchev–Trinajstić information content (AvgIpc) is 2.80. The summed E-state index contributed by atoms with van der Waals surface area (Å²) in [5.41, 5.74) is 3.73. The fourth-order valence-electron chi connectivity index (χ4n) is 4.15. The molecule has 1 atom stereocenters. The van der Waals surface area contributed by atoms with Gasteiger partial charge in [0.1, 0.15) is 5.75 Å². The number of piperidine rings is 1. The van der Waals surface area contributed by atoms with Crippen LogP contribution in [-0.4, -0.2) is 68.5 Å². The van der Waals surface area contributed by atoms with Crippen LogP contribution in [0.15, 0.2) is 36.4 Å². The molecule has 3 heterocycles. The largest absolute Gasteiger partial charge is 0.497 e. The molecule has 1 aromatic heterocycles. The standard InChI is InChI=1S/C22H30N4O4S/c1-17-14-20(24-19-5-7-21(29-2)8-6-19)15-22(23-17)18-4-3-9-26(16-18)31(27,28)25-10-12-30-13-11-25/h5-8,14-15,18H,3-4,9-13,16H2,1-2H3,(H,23,24)/t18-/m0/s1. The molecule has 1 N–H and O–H groups in total. The number of methoxy groups -OCH3 is 1. The summed E-state index contributed by atoms with van der Waals surface area (Å²) < 4.78 is 39.9. The van der Waals surface area contributed by atoms with Crippen LogP contribution in [-0.2, 0) is 14.9 Å². The molecule has 4 rings (SSSR count). The van der Waals surface area contributed by atoms with Gasteiger partial charge in [0.15, 0.2) is 0 Å². The molecular formula is C22H30N4O4S. The topological polar surface area (TPSA) is 84.0 Å². The van der Waals surface area contributed by atoms with Gasteiger partial charge in [-0.05, 0) is 56.2 Å². The summed E-state index contributed by atoms with van der Waals surface area (Å²) in [4.78, 5) is 4.74. The molecule has 0 radical (unpaired) electrons. The fraction of sp³-hybridized carbons (Fsp3) is 0.500. The number of benzene rings is 1. The highest BCUT2D eigenvalue weighted by Crippen LogP contribution is 2.31. The van der Waals surface area contributed by atoms with Crippen molar-refractivity contribution in [1.82, 2.24) is 13.6 Å². The fourth-order valence-corrected chi connectivity index (χ4v) is 5.82. The van der Waals surface area contributed by atoms with Crippen molar-refractivity contribution in [2.24, 2.45) is 0 Å².